The highest BCUT2D eigenvalue weighted by atomic mass is 14.9. The van der Waals surface area contributed by atoms with Crippen LogP contribution in [0.4, 0.5) is 0 Å². The molecule has 58 valence electrons. The number of nitrogens with zero attached hydrogens (tertiary/aromatic N) is 2. The summed E-state index contributed by atoms with van der Waals surface area (Å²) in [6.45, 7) is 5.74. The molecule has 2 heteroatoms. The Balaban J connectivity index is 2.82. The van der Waals surface area contributed by atoms with E-state index in [4.69, 9.17) is 0 Å². The summed E-state index contributed by atoms with van der Waals surface area (Å²) < 4.78 is 0. The fourth-order valence-electron chi connectivity index (χ4n) is 0.907. The van der Waals surface area contributed by atoms with Gasteiger partial charge in [-0.3, -0.25) is 0 Å². The average molecular weight is 148 g/mol. The molecule has 0 aliphatic heterocycles. The van der Waals surface area contributed by atoms with Gasteiger partial charge in [0.15, 0.2) is 5.82 Å². The van der Waals surface area contributed by atoms with Crippen LogP contribution in [0.5, 0.6) is 0 Å². The van der Waals surface area contributed by atoms with Gasteiger partial charge in [0.2, 0.25) is 0 Å². The Bertz CT molecular complexity index is 243. The summed E-state index contributed by atoms with van der Waals surface area (Å²) in [5.41, 5.74) is 1.09. The summed E-state index contributed by atoms with van der Waals surface area (Å²) >= 11 is 0. The van der Waals surface area contributed by atoms with Gasteiger partial charge >= 0.3 is 0 Å². The van der Waals surface area contributed by atoms with Gasteiger partial charge in [0.05, 0.1) is 0 Å². The molecule has 0 aliphatic carbocycles. The maximum Gasteiger partial charge on any atom is 0.151 e. The molecule has 0 aromatic carbocycles. The van der Waals surface area contributed by atoms with Gasteiger partial charge in [0.25, 0.3) is 0 Å². The van der Waals surface area contributed by atoms with Gasteiger partial charge in [-0.25, -0.2) is 9.97 Å². The van der Waals surface area contributed by atoms with Crippen LogP contribution in [0.3, 0.4) is 0 Å². The lowest BCUT2D eigenvalue weighted by Crippen LogP contribution is -1.93. The third kappa shape index (κ3) is 2.15. The maximum absolute atomic E-state index is 4.25. The molecule has 1 aromatic heterocycles. The maximum atomic E-state index is 4.25. The smallest absolute Gasteiger partial charge is 0.151 e. The van der Waals surface area contributed by atoms with E-state index < -0.39 is 0 Å². The Kier molecular flexibility index (Phi) is 2.78. The van der Waals surface area contributed by atoms with Gasteiger partial charge in [-0.15, -0.1) is 0 Å². The molecule has 0 spiro atoms. The zero-order chi connectivity index (χ0) is 8.10. The van der Waals surface area contributed by atoms with Crippen molar-refractivity contribution < 1.29 is 0 Å². The lowest BCUT2D eigenvalue weighted by Gasteiger charge is -1.96. The third-order valence-electron chi connectivity index (χ3n) is 1.42. The van der Waals surface area contributed by atoms with E-state index in [2.05, 4.69) is 23.5 Å². The first-order chi connectivity index (χ1) is 5.36. The van der Waals surface area contributed by atoms with Crippen LogP contribution in [0.15, 0.2) is 18.8 Å². The van der Waals surface area contributed by atoms with Crippen molar-refractivity contribution in [1.29, 1.82) is 0 Å². The largest absolute Gasteiger partial charge is 0.237 e. The highest BCUT2D eigenvalue weighted by Crippen LogP contribution is 1.99. The zero-order valence-corrected chi connectivity index (χ0v) is 6.75. The molecule has 1 heterocycles. The molecule has 0 N–H and O–H groups in total. The molecule has 0 fully saturated rings. The van der Waals surface area contributed by atoms with Crippen LogP contribution in [0.1, 0.15) is 24.9 Å². The molecular weight excluding hydrogens is 136 g/mol. The standard InChI is InChI=1S/C9H12N2/c1-3-5-8-6-7-10-9(4-2)11-8/h4,6-7H,2-3,5H2,1H3. The van der Waals surface area contributed by atoms with Crippen molar-refractivity contribution in [2.24, 2.45) is 0 Å². The topological polar surface area (TPSA) is 25.8 Å². The van der Waals surface area contributed by atoms with Crippen molar-refractivity contribution >= 4 is 6.08 Å². The summed E-state index contributed by atoms with van der Waals surface area (Å²) in [7, 11) is 0. The van der Waals surface area contributed by atoms with E-state index in [0.29, 0.717) is 0 Å². The van der Waals surface area contributed by atoms with Gasteiger partial charge in [0.1, 0.15) is 0 Å². The lowest BCUT2D eigenvalue weighted by molar-refractivity contribution is 0.868. The number of aryl methyl sites for hydroxylation is 1. The van der Waals surface area contributed by atoms with E-state index in [-0.39, 0.29) is 0 Å². The highest BCUT2D eigenvalue weighted by Gasteiger charge is 1.93. The molecule has 2 nitrogen and oxygen atoms in total. The predicted octanol–water partition coefficient (Wildman–Crippen LogP) is 2.07. The van der Waals surface area contributed by atoms with E-state index in [1.165, 1.54) is 0 Å². The molecule has 0 unspecified atom stereocenters. The van der Waals surface area contributed by atoms with Crippen molar-refractivity contribution in [3.8, 4) is 0 Å². The van der Waals surface area contributed by atoms with Crippen LogP contribution in [0.25, 0.3) is 6.08 Å². The fourth-order valence-corrected chi connectivity index (χ4v) is 0.907. The second-order valence-electron chi connectivity index (χ2n) is 2.36. The van der Waals surface area contributed by atoms with E-state index in [1.54, 1.807) is 12.3 Å². The van der Waals surface area contributed by atoms with Gasteiger partial charge in [-0.05, 0) is 18.6 Å². The minimum absolute atomic E-state index is 0.718. The quantitative estimate of drug-likeness (QED) is 0.655. The summed E-state index contributed by atoms with van der Waals surface area (Å²) in [5, 5.41) is 0. The second kappa shape index (κ2) is 3.86. The summed E-state index contributed by atoms with van der Waals surface area (Å²) in [6.07, 6.45) is 5.57. The van der Waals surface area contributed by atoms with Crippen LogP contribution in [-0.4, -0.2) is 9.97 Å². The first-order valence-electron chi connectivity index (χ1n) is 3.81. The number of rotatable bonds is 3. The van der Waals surface area contributed by atoms with Crippen molar-refractivity contribution in [3.05, 3.63) is 30.4 Å². The van der Waals surface area contributed by atoms with Gasteiger partial charge < -0.3 is 0 Å². The summed E-state index contributed by atoms with van der Waals surface area (Å²) in [4.78, 5) is 8.26. The monoisotopic (exact) mass is 148 g/mol. The minimum atomic E-state index is 0.718. The Morgan fingerprint density at radius 2 is 2.45 bits per heavy atom. The van der Waals surface area contributed by atoms with Gasteiger partial charge in [0, 0.05) is 11.9 Å². The first kappa shape index (κ1) is 7.92. The van der Waals surface area contributed by atoms with Gasteiger partial charge in [-0.2, -0.15) is 0 Å². The molecule has 0 bridgehead atoms. The SMILES string of the molecule is C=Cc1nccc(CCC)n1. The number of hydrogen-bond acceptors (Lipinski definition) is 2. The highest BCUT2D eigenvalue weighted by molar-refractivity contribution is 5.35. The molecular formula is C9H12N2. The normalized spacial score (nSPS) is 9.55. The summed E-state index contributed by atoms with van der Waals surface area (Å²) in [5.74, 6) is 0.718. The predicted molar refractivity (Wildman–Crippen MR) is 46.1 cm³/mol. The van der Waals surface area contributed by atoms with Crippen LogP contribution >= 0.6 is 0 Å². The molecule has 0 amide bonds. The molecule has 1 aromatic rings. The number of hydrogen-bond donors (Lipinski definition) is 0. The van der Waals surface area contributed by atoms with Crippen molar-refractivity contribution in [2.45, 2.75) is 19.8 Å². The Labute approximate surface area is 67.0 Å². The van der Waals surface area contributed by atoms with Gasteiger partial charge in [-0.1, -0.05) is 19.9 Å². The lowest BCUT2D eigenvalue weighted by atomic mass is 10.2. The van der Waals surface area contributed by atoms with Crippen LogP contribution in [-0.2, 0) is 6.42 Å². The Morgan fingerprint density at radius 1 is 1.64 bits per heavy atom. The molecule has 11 heavy (non-hydrogen) atoms. The van der Waals surface area contributed by atoms with Crippen LogP contribution in [0.2, 0.25) is 0 Å². The van der Waals surface area contributed by atoms with Crippen molar-refractivity contribution in [2.75, 3.05) is 0 Å². The number of aromatic nitrogens is 2. The molecule has 1 rings (SSSR count). The Hall–Kier alpha value is -1.18. The average Bonchev–Trinajstić information content (AvgIpc) is 2.06. The van der Waals surface area contributed by atoms with Crippen molar-refractivity contribution in [3.63, 3.8) is 0 Å². The van der Waals surface area contributed by atoms with Crippen LogP contribution in [0, 0.1) is 0 Å². The van der Waals surface area contributed by atoms with Crippen molar-refractivity contribution in [1.82, 2.24) is 9.97 Å². The molecule has 0 aliphatic rings. The van der Waals surface area contributed by atoms with Crippen LogP contribution < -0.4 is 0 Å². The molecule has 0 atom stereocenters. The van der Waals surface area contributed by atoms with E-state index in [1.807, 2.05) is 6.07 Å². The minimum Gasteiger partial charge on any atom is -0.237 e. The molecule has 0 saturated carbocycles. The van der Waals surface area contributed by atoms with E-state index in [9.17, 15) is 0 Å². The van der Waals surface area contributed by atoms with E-state index >= 15 is 0 Å². The first-order valence-corrected chi connectivity index (χ1v) is 3.81. The Morgan fingerprint density at radius 3 is 3.09 bits per heavy atom. The van der Waals surface area contributed by atoms with E-state index in [0.717, 1.165) is 24.4 Å². The molecule has 0 saturated heterocycles. The summed E-state index contributed by atoms with van der Waals surface area (Å²) in [6, 6.07) is 1.94. The second-order valence-corrected chi connectivity index (χ2v) is 2.36. The molecule has 0 radical (unpaired) electrons. The zero-order valence-electron chi connectivity index (χ0n) is 6.75. The third-order valence-corrected chi connectivity index (χ3v) is 1.42. The fraction of sp³-hybridized carbons (Fsp3) is 0.333.